The third kappa shape index (κ3) is 6.79. The summed E-state index contributed by atoms with van der Waals surface area (Å²) < 4.78 is 15.0. The molecule has 174 valence electrons. The van der Waals surface area contributed by atoms with E-state index >= 15 is 4.39 Å². The van der Waals surface area contributed by atoms with Crippen molar-refractivity contribution in [1.29, 1.82) is 0 Å². The van der Waals surface area contributed by atoms with E-state index in [4.69, 9.17) is 11.6 Å². The summed E-state index contributed by atoms with van der Waals surface area (Å²) in [5.74, 6) is -2.84. The Hall–Kier alpha value is -1.40. The van der Waals surface area contributed by atoms with Gasteiger partial charge < -0.3 is 0 Å². The van der Waals surface area contributed by atoms with E-state index in [0.29, 0.717) is 4.90 Å². The van der Waals surface area contributed by atoms with E-state index in [9.17, 15) is 14.4 Å². The quantitative estimate of drug-likeness (QED) is 0.389. The third-order valence-corrected chi connectivity index (χ3v) is 7.60. The van der Waals surface area contributed by atoms with Crippen LogP contribution in [-0.2, 0) is 14.4 Å². The molecule has 0 aliphatic carbocycles. The fourth-order valence-electron chi connectivity index (χ4n) is 2.57. The molecule has 31 heavy (non-hydrogen) atoms. The zero-order valence-electron chi connectivity index (χ0n) is 20.0. The second-order valence-corrected chi connectivity index (χ2v) is 10.7. The molecule has 7 heteroatoms. The van der Waals surface area contributed by atoms with Crippen LogP contribution in [0.25, 0.3) is 0 Å². The average Bonchev–Trinajstić information content (AvgIpc) is 2.68. The van der Waals surface area contributed by atoms with Crippen LogP contribution >= 0.6 is 23.4 Å². The Morgan fingerprint density at radius 2 is 1.23 bits per heavy atom. The minimum atomic E-state index is -0.771. The molecule has 0 aliphatic heterocycles. The number of nitrogens with zero attached hydrogens (tertiary/aromatic N) is 1. The van der Waals surface area contributed by atoms with Crippen molar-refractivity contribution in [2.45, 2.75) is 67.2 Å². The van der Waals surface area contributed by atoms with Crippen LogP contribution in [0.4, 0.5) is 10.1 Å². The molecule has 0 radical (unpaired) electrons. The van der Waals surface area contributed by atoms with Gasteiger partial charge in [0.15, 0.2) is 5.12 Å². The molecule has 3 unspecified atom stereocenters. The first-order valence-electron chi connectivity index (χ1n) is 10.8. The van der Waals surface area contributed by atoms with Crippen molar-refractivity contribution in [3.8, 4) is 0 Å². The highest BCUT2D eigenvalue weighted by atomic mass is 35.5. The number of thioether (sulfide) groups is 1. The lowest BCUT2D eigenvalue weighted by molar-refractivity contribution is -0.131. The Kier molecular flexibility index (Phi) is 10.2. The van der Waals surface area contributed by atoms with Gasteiger partial charge in [0.25, 0.3) is 0 Å². The highest BCUT2D eigenvalue weighted by molar-refractivity contribution is 8.13. The third-order valence-electron chi connectivity index (χ3n) is 6.04. The number of hydrogen-bond acceptors (Lipinski definition) is 4. The van der Waals surface area contributed by atoms with E-state index < -0.39 is 29.5 Å². The van der Waals surface area contributed by atoms with Crippen molar-refractivity contribution in [3.63, 3.8) is 0 Å². The molecule has 4 nitrogen and oxygen atoms in total. The van der Waals surface area contributed by atoms with Gasteiger partial charge in [-0.05, 0) is 41.6 Å². The molecule has 0 saturated carbocycles. The molecular formula is C24H35ClFNO3S. The highest BCUT2D eigenvalue weighted by Gasteiger charge is 2.35. The zero-order chi connectivity index (χ0) is 24.2. The van der Waals surface area contributed by atoms with Crippen LogP contribution in [0, 0.1) is 41.3 Å². The average molecular weight is 472 g/mol. The minimum Gasteiger partial charge on any atom is -0.287 e. The van der Waals surface area contributed by atoms with Gasteiger partial charge in [0.05, 0.1) is 10.7 Å². The summed E-state index contributed by atoms with van der Waals surface area (Å²) in [6, 6.07) is 2.42. The summed E-state index contributed by atoms with van der Waals surface area (Å²) >= 11 is 7.13. The van der Waals surface area contributed by atoms with Crippen molar-refractivity contribution in [2.75, 3.05) is 4.90 Å². The first-order valence-corrected chi connectivity index (χ1v) is 12.0. The standard InChI is InChI=1S/C24H35ClFNO3S/c1-12(2)15(7)22(28)27(23(29)16(8)13(3)4)20-11-21(18(25)10-19(20)26)31-24(30)17(9)14(5)6/h10-17H,1-9H3. The largest absolute Gasteiger partial charge is 0.287 e. The molecular weight excluding hydrogens is 437 g/mol. The number of halogens is 2. The summed E-state index contributed by atoms with van der Waals surface area (Å²) in [6.07, 6.45) is 0. The Bertz CT molecular complexity index is 799. The van der Waals surface area contributed by atoms with E-state index in [1.165, 1.54) is 6.07 Å². The van der Waals surface area contributed by atoms with Gasteiger partial charge in [0, 0.05) is 22.6 Å². The minimum absolute atomic E-state index is 0.0326. The Morgan fingerprint density at radius 1 is 0.806 bits per heavy atom. The summed E-state index contributed by atoms with van der Waals surface area (Å²) in [6.45, 7) is 16.7. The van der Waals surface area contributed by atoms with Crippen molar-refractivity contribution >= 4 is 46.0 Å². The number of carbonyl (C=O) groups is 3. The van der Waals surface area contributed by atoms with E-state index in [2.05, 4.69) is 0 Å². The van der Waals surface area contributed by atoms with Gasteiger partial charge in [-0.15, -0.1) is 0 Å². The van der Waals surface area contributed by atoms with Crippen LogP contribution in [0.3, 0.4) is 0 Å². The van der Waals surface area contributed by atoms with Gasteiger partial charge in [-0.3, -0.25) is 14.4 Å². The van der Waals surface area contributed by atoms with Crippen LogP contribution in [-0.4, -0.2) is 16.9 Å². The molecule has 0 aliphatic rings. The van der Waals surface area contributed by atoms with Crippen LogP contribution in [0.1, 0.15) is 62.3 Å². The summed E-state index contributed by atoms with van der Waals surface area (Å²) in [5, 5.41) is -0.0334. The van der Waals surface area contributed by atoms with Gasteiger partial charge in [0.2, 0.25) is 11.8 Å². The fourth-order valence-corrected chi connectivity index (χ4v) is 3.83. The molecule has 2 amide bonds. The van der Waals surface area contributed by atoms with Crippen LogP contribution < -0.4 is 4.90 Å². The first kappa shape index (κ1) is 27.6. The number of hydrogen-bond donors (Lipinski definition) is 0. The SMILES string of the molecule is CC(C)C(C)C(=O)Sc1cc(N(C(=O)C(C)C(C)C)C(=O)C(C)C(C)C)c(F)cc1Cl. The maximum atomic E-state index is 15.0. The number of rotatable bonds is 8. The lowest BCUT2D eigenvalue weighted by Crippen LogP contribution is -2.45. The molecule has 0 fully saturated rings. The summed E-state index contributed by atoms with van der Waals surface area (Å²) in [5.41, 5.74) is -0.160. The second kappa shape index (κ2) is 11.5. The second-order valence-electron chi connectivity index (χ2n) is 9.27. The predicted octanol–water partition coefficient (Wildman–Crippen LogP) is 6.83. The molecule has 0 heterocycles. The Morgan fingerprint density at radius 3 is 1.61 bits per heavy atom. The lowest BCUT2D eigenvalue weighted by atomic mass is 9.93. The topological polar surface area (TPSA) is 54.5 Å². The van der Waals surface area contributed by atoms with Crippen molar-refractivity contribution in [2.24, 2.45) is 35.5 Å². The molecule has 0 N–H and O–H groups in total. The molecule has 3 atom stereocenters. The first-order chi connectivity index (χ1) is 14.2. The van der Waals surface area contributed by atoms with Crippen LogP contribution in [0.2, 0.25) is 5.02 Å². The number of anilines is 1. The van der Waals surface area contributed by atoms with E-state index in [1.54, 1.807) is 13.8 Å². The molecule has 1 aromatic rings. The molecule has 0 bridgehead atoms. The smallest absolute Gasteiger partial charge is 0.236 e. The molecule has 0 aromatic heterocycles. The van der Waals surface area contributed by atoms with E-state index in [-0.39, 0.29) is 39.5 Å². The van der Waals surface area contributed by atoms with Crippen LogP contribution in [0.5, 0.6) is 0 Å². The summed E-state index contributed by atoms with van der Waals surface area (Å²) in [4.78, 5) is 40.4. The predicted molar refractivity (Wildman–Crippen MR) is 127 cm³/mol. The van der Waals surface area contributed by atoms with Crippen molar-refractivity contribution < 1.29 is 18.8 Å². The molecule has 0 spiro atoms. The normalized spacial score (nSPS) is 14.6. The zero-order valence-corrected chi connectivity index (χ0v) is 21.5. The van der Waals surface area contributed by atoms with E-state index in [1.807, 2.05) is 48.5 Å². The Labute approximate surface area is 195 Å². The van der Waals surface area contributed by atoms with Gasteiger partial charge in [0.1, 0.15) is 5.82 Å². The molecule has 1 rings (SSSR count). The number of imide groups is 1. The van der Waals surface area contributed by atoms with Gasteiger partial charge in [-0.25, -0.2) is 9.29 Å². The van der Waals surface area contributed by atoms with Gasteiger partial charge >= 0.3 is 0 Å². The number of amides is 2. The van der Waals surface area contributed by atoms with Crippen molar-refractivity contribution in [3.05, 3.63) is 23.0 Å². The molecule has 1 aromatic carbocycles. The monoisotopic (exact) mass is 471 g/mol. The van der Waals surface area contributed by atoms with Crippen molar-refractivity contribution in [1.82, 2.24) is 0 Å². The summed E-state index contributed by atoms with van der Waals surface area (Å²) in [7, 11) is 0. The maximum Gasteiger partial charge on any atom is 0.236 e. The highest BCUT2D eigenvalue weighted by Crippen LogP contribution is 2.37. The number of benzene rings is 1. The maximum absolute atomic E-state index is 15.0. The lowest BCUT2D eigenvalue weighted by Gasteiger charge is -2.30. The fraction of sp³-hybridized carbons (Fsp3) is 0.625. The van der Waals surface area contributed by atoms with Gasteiger partial charge in [-0.1, -0.05) is 73.9 Å². The van der Waals surface area contributed by atoms with Gasteiger partial charge in [-0.2, -0.15) is 0 Å². The van der Waals surface area contributed by atoms with Crippen LogP contribution in [0.15, 0.2) is 17.0 Å². The number of carbonyl (C=O) groups excluding carboxylic acids is 3. The Balaban J connectivity index is 3.55. The van der Waals surface area contributed by atoms with E-state index in [0.717, 1.165) is 22.7 Å². The molecule has 0 saturated heterocycles.